The number of hydrogen-bond acceptors (Lipinski definition) is 2. The Morgan fingerprint density at radius 1 is 0.270 bits per heavy atom. The van der Waals surface area contributed by atoms with Gasteiger partial charge in [-0.1, -0.05) is 285 Å². The highest BCUT2D eigenvalue weighted by molar-refractivity contribution is 6.10. The van der Waals surface area contributed by atoms with Crippen molar-refractivity contribution in [3.63, 3.8) is 0 Å². The summed E-state index contributed by atoms with van der Waals surface area (Å²) in [7, 11) is 0. The molecule has 2 aliphatic heterocycles. The molecule has 1 atom stereocenters. The SMILES string of the molecule is CC(C)(C)c1ccc(-c2cc(C(C)(C)C)ccc2N2c3ccc(C4c5ccccc5Cc5ccccc54)cc3C3c4ccc(-n5c6ccc(C(C)(C)C)cc6c6cc(C(C)(C)C)ccc65)cc4N(c4ccc(C(C)(C)C)cc4-c4ccc(C(C)(C)C)cc4)c4cc(C(C)(C)C)cc2c43)cc1. The van der Waals surface area contributed by atoms with E-state index in [-0.39, 0.29) is 49.7 Å². The molecule has 0 fully saturated rings. The van der Waals surface area contributed by atoms with Crippen LogP contribution >= 0.6 is 0 Å². The molecule has 0 saturated heterocycles. The lowest BCUT2D eigenvalue weighted by atomic mass is 9.71. The van der Waals surface area contributed by atoms with Gasteiger partial charge in [0.05, 0.1) is 45.2 Å². The number of rotatable bonds is 6. The first-order valence-electron chi connectivity index (χ1n) is 36.8. The first-order valence-corrected chi connectivity index (χ1v) is 36.8. The van der Waals surface area contributed by atoms with Gasteiger partial charge in [0.15, 0.2) is 0 Å². The fraction of sp³-hybridized carbons (Fsp3) is 0.320. The van der Waals surface area contributed by atoms with Gasteiger partial charge in [-0.05, 0) is 212 Å². The maximum atomic E-state index is 2.72. The van der Waals surface area contributed by atoms with Crippen LogP contribution < -0.4 is 9.80 Å². The second-order valence-corrected chi connectivity index (χ2v) is 36.8. The van der Waals surface area contributed by atoms with Crippen molar-refractivity contribution in [2.75, 3.05) is 9.80 Å². The van der Waals surface area contributed by atoms with Crippen LogP contribution in [0.25, 0.3) is 49.7 Å². The summed E-state index contributed by atoms with van der Waals surface area (Å²) in [5.74, 6) is -0.136. The van der Waals surface area contributed by atoms with Gasteiger partial charge in [0.2, 0.25) is 0 Å². The number of hydrogen-bond donors (Lipinski definition) is 0. The molecule has 0 radical (unpaired) electrons. The second kappa shape index (κ2) is 23.2. The molecule has 0 amide bonds. The zero-order chi connectivity index (χ0) is 70.9. The lowest BCUT2D eigenvalue weighted by Gasteiger charge is -2.47. The van der Waals surface area contributed by atoms with Crippen LogP contribution in [-0.4, -0.2) is 4.57 Å². The molecule has 1 aliphatic carbocycles. The van der Waals surface area contributed by atoms with Gasteiger partial charge in [-0.15, -0.1) is 0 Å². The first kappa shape index (κ1) is 66.7. The van der Waals surface area contributed by atoms with Crippen molar-refractivity contribution >= 4 is 55.9 Å². The van der Waals surface area contributed by atoms with E-state index < -0.39 is 0 Å². The van der Waals surface area contributed by atoms with Gasteiger partial charge in [0.1, 0.15) is 0 Å². The van der Waals surface area contributed by atoms with Crippen molar-refractivity contribution in [2.45, 2.75) is 202 Å². The summed E-state index contributed by atoms with van der Waals surface area (Å²) in [4.78, 5) is 5.43. The average Bonchev–Trinajstić information content (AvgIpc) is 0.734. The Balaban J connectivity index is 1.09. The Bertz CT molecular complexity index is 5130. The van der Waals surface area contributed by atoms with Crippen molar-refractivity contribution in [3.8, 4) is 27.9 Å². The molecule has 506 valence electrons. The Hall–Kier alpha value is -9.18. The lowest BCUT2D eigenvalue weighted by molar-refractivity contribution is 0.589. The third kappa shape index (κ3) is 11.4. The van der Waals surface area contributed by atoms with Crippen molar-refractivity contribution in [1.82, 2.24) is 4.57 Å². The largest absolute Gasteiger partial charge is 0.309 e. The summed E-state index contributed by atoms with van der Waals surface area (Å²) in [5, 5.41) is 2.57. The standard InChI is InChI=1S/C97H103N3/c1-91(2,3)64-35-30-59(31-36-64)75-52-66(93(7,8)9)39-46-80(75)99-84-45-34-63(88-72-28-24-22-26-61(72)50-62-27-23-25-29-73(62)88)51-79(84)89-74-44-43-71(98-82-48-41-68(95(13,14)15)54-77(82)78-55-69(96(16,17)18)42-49-83(78)98)58-85(74)100(87-57-70(97(19,20)21)56-86(99)90(87)89)81-47-40-67(94(10,11)12)53-76(81)60-32-37-65(38-33-60)92(4,5)6/h22-49,51-58,88-89H,50H2,1-21H3. The molecule has 3 nitrogen and oxygen atoms in total. The van der Waals surface area contributed by atoms with Gasteiger partial charge in [-0.25, -0.2) is 0 Å². The second-order valence-electron chi connectivity index (χ2n) is 36.8. The van der Waals surface area contributed by atoms with Crippen LogP contribution in [0.4, 0.5) is 34.1 Å². The normalized spacial score (nSPS) is 15.0. The molecular weight excluding hydrogens is 1210 g/mol. The highest BCUT2D eigenvalue weighted by Crippen LogP contribution is 2.64. The Morgan fingerprint density at radius 3 is 1.10 bits per heavy atom. The molecule has 0 bridgehead atoms. The van der Waals surface area contributed by atoms with Crippen molar-refractivity contribution in [1.29, 1.82) is 0 Å². The number of fused-ring (bicyclic) bond motifs is 9. The van der Waals surface area contributed by atoms with E-state index in [0.29, 0.717) is 0 Å². The Labute approximate surface area is 598 Å². The zero-order valence-electron chi connectivity index (χ0n) is 63.5. The van der Waals surface area contributed by atoms with E-state index in [1.807, 2.05) is 0 Å². The minimum Gasteiger partial charge on any atom is -0.309 e. The summed E-state index contributed by atoms with van der Waals surface area (Å²) in [6.45, 7) is 49.3. The highest BCUT2D eigenvalue weighted by Gasteiger charge is 2.44. The van der Waals surface area contributed by atoms with Crippen molar-refractivity contribution in [3.05, 3.63) is 302 Å². The molecule has 3 heterocycles. The van der Waals surface area contributed by atoms with Crippen LogP contribution in [0.3, 0.4) is 0 Å². The topological polar surface area (TPSA) is 11.4 Å². The third-order valence-electron chi connectivity index (χ3n) is 22.5. The summed E-state index contributed by atoms with van der Waals surface area (Å²) < 4.78 is 2.58. The van der Waals surface area contributed by atoms with Gasteiger partial charge in [0, 0.05) is 45.0 Å². The van der Waals surface area contributed by atoms with Crippen LogP contribution in [-0.2, 0) is 44.3 Å². The smallest absolute Gasteiger partial charge is 0.0541 e. The monoisotopic (exact) mass is 1310 g/mol. The van der Waals surface area contributed by atoms with Gasteiger partial charge in [-0.3, -0.25) is 0 Å². The molecule has 1 aromatic heterocycles. The molecule has 0 saturated carbocycles. The van der Waals surface area contributed by atoms with Crippen LogP contribution in [0, 0.1) is 0 Å². The van der Waals surface area contributed by atoms with E-state index in [9.17, 15) is 0 Å². The average molecular weight is 1310 g/mol. The van der Waals surface area contributed by atoms with Gasteiger partial charge >= 0.3 is 0 Å². The predicted molar refractivity (Wildman–Crippen MR) is 429 cm³/mol. The van der Waals surface area contributed by atoms with Crippen LogP contribution in [0.15, 0.2) is 218 Å². The van der Waals surface area contributed by atoms with E-state index in [4.69, 9.17) is 0 Å². The maximum Gasteiger partial charge on any atom is 0.0541 e. The lowest BCUT2D eigenvalue weighted by Crippen LogP contribution is -2.31. The molecule has 0 spiro atoms. The number of anilines is 6. The van der Waals surface area contributed by atoms with E-state index in [0.717, 1.165) is 17.8 Å². The molecule has 11 aromatic carbocycles. The van der Waals surface area contributed by atoms with Crippen LogP contribution in [0.1, 0.15) is 241 Å². The van der Waals surface area contributed by atoms with E-state index >= 15 is 0 Å². The van der Waals surface area contributed by atoms with Crippen LogP contribution in [0.2, 0.25) is 0 Å². The summed E-state index contributed by atoms with van der Waals surface area (Å²) in [6, 6.07) is 87.3. The Kier molecular flexibility index (Phi) is 15.5. The molecule has 3 aliphatic rings. The van der Waals surface area contributed by atoms with Gasteiger partial charge in [0.25, 0.3) is 0 Å². The number of aromatic nitrogens is 1. The molecule has 1 unspecified atom stereocenters. The third-order valence-corrected chi connectivity index (χ3v) is 22.5. The molecule has 0 N–H and O–H groups in total. The fourth-order valence-electron chi connectivity index (χ4n) is 16.4. The van der Waals surface area contributed by atoms with E-state index in [1.54, 1.807) is 0 Å². The molecular formula is C97H103N3. The molecule has 3 heteroatoms. The van der Waals surface area contributed by atoms with Gasteiger partial charge < -0.3 is 14.4 Å². The first-order chi connectivity index (χ1) is 47.0. The van der Waals surface area contributed by atoms with Gasteiger partial charge in [-0.2, -0.15) is 0 Å². The summed E-state index contributed by atoms with van der Waals surface area (Å²) in [5.41, 5.74) is 35.0. The molecule has 15 rings (SSSR count). The molecule has 12 aromatic rings. The quantitative estimate of drug-likeness (QED) is 0.164. The zero-order valence-corrected chi connectivity index (χ0v) is 63.5. The highest BCUT2D eigenvalue weighted by atomic mass is 15.2. The Morgan fingerprint density at radius 2 is 0.660 bits per heavy atom. The predicted octanol–water partition coefficient (Wildman–Crippen LogP) is 27.0. The van der Waals surface area contributed by atoms with E-state index in [1.165, 1.54) is 156 Å². The number of benzene rings is 11. The number of nitrogens with zero attached hydrogens (tertiary/aromatic N) is 3. The van der Waals surface area contributed by atoms with Crippen molar-refractivity contribution in [2.24, 2.45) is 0 Å². The summed E-state index contributed by atoms with van der Waals surface area (Å²) in [6.07, 6.45) is 0.924. The minimum atomic E-state index is -0.253. The fourth-order valence-corrected chi connectivity index (χ4v) is 16.4. The minimum absolute atomic E-state index is 0.000464. The maximum absolute atomic E-state index is 2.72. The van der Waals surface area contributed by atoms with Crippen LogP contribution in [0.5, 0.6) is 0 Å². The van der Waals surface area contributed by atoms with E-state index in [2.05, 4.69) is 378 Å². The summed E-state index contributed by atoms with van der Waals surface area (Å²) >= 11 is 0. The molecule has 100 heavy (non-hydrogen) atoms. The van der Waals surface area contributed by atoms with Crippen molar-refractivity contribution < 1.29 is 0 Å².